The summed E-state index contributed by atoms with van der Waals surface area (Å²) >= 11 is 0. The first-order valence-electron chi connectivity index (χ1n) is 13.6. The van der Waals surface area contributed by atoms with Gasteiger partial charge in [0.05, 0.1) is 107 Å². The van der Waals surface area contributed by atoms with Crippen LogP contribution in [0.4, 0.5) is 0 Å². The van der Waals surface area contributed by atoms with Crippen molar-refractivity contribution in [3.63, 3.8) is 0 Å². The smallest absolute Gasteiger partial charge is 0.0983 e. The fourth-order valence-electron chi connectivity index (χ4n) is 1.55. The normalized spacial score (nSPS) is 10.6. The topological polar surface area (TPSA) is 388 Å². The van der Waals surface area contributed by atoms with Crippen molar-refractivity contribution in [1.82, 2.24) is 29.9 Å². The van der Waals surface area contributed by atoms with Crippen LogP contribution < -0.4 is 30.6 Å². The van der Waals surface area contributed by atoms with Gasteiger partial charge in [0.15, 0.2) is 0 Å². The zero-order valence-corrected chi connectivity index (χ0v) is 30.4. The van der Waals surface area contributed by atoms with Gasteiger partial charge >= 0.3 is 0 Å². The van der Waals surface area contributed by atoms with Crippen molar-refractivity contribution in [1.29, 1.82) is 0 Å². The molecule has 288 valence electrons. The van der Waals surface area contributed by atoms with E-state index in [2.05, 4.69) is 29.9 Å². The van der Waals surface area contributed by atoms with Gasteiger partial charge in [0.1, 0.15) is 0 Å². The van der Waals surface area contributed by atoms with E-state index < -0.39 is 52.6 Å². The Hall–Kier alpha value is -5.76. The third-order valence-electron chi connectivity index (χ3n) is 4.25. The molecule has 0 aliphatic carbocycles. The van der Waals surface area contributed by atoms with Gasteiger partial charge in [0, 0.05) is 21.1 Å². The molecule has 0 aliphatic rings. The van der Waals surface area contributed by atoms with E-state index >= 15 is 0 Å². The predicted octanol–water partition coefficient (Wildman–Crippen LogP) is -6.96. The maximum atomic E-state index is 9.86. The molecule has 0 spiro atoms. The second kappa shape index (κ2) is 27.0. The van der Waals surface area contributed by atoms with Crippen molar-refractivity contribution < 1.29 is 95.8 Å². The van der Waals surface area contributed by atoms with E-state index in [1.165, 1.54) is 55.8 Å². The summed E-state index contributed by atoms with van der Waals surface area (Å²) in [7, 11) is 0. The molecule has 22 heteroatoms. The number of nitrogens with one attached hydrogen (secondary N) is 3. The Kier molecular flexibility index (Phi) is 27.6. The molecular weight excluding hydrogens is 780 g/mol. The molecule has 0 unspecified atom stereocenters. The standard InChI is InChI=1S/3C6H6N2O2.3C4H8O3.Mo/c3*9-6(10)2-1-5-3-7-4-8-5;3*1-4(2,7)3(5)6;/h3*1-4H,(H,7,8)(H,9,10);3*7H,1-2H3,(H,5,6);/p-6. The molecule has 0 amide bonds. The van der Waals surface area contributed by atoms with E-state index in [4.69, 9.17) is 15.3 Å². The Balaban J connectivity index is -0.000000267. The summed E-state index contributed by atoms with van der Waals surface area (Å²) in [5.74, 6) is -7.99. The van der Waals surface area contributed by atoms with Gasteiger partial charge in [0.25, 0.3) is 0 Å². The minimum Gasteiger partial charge on any atom is -0.547 e. The van der Waals surface area contributed by atoms with Crippen molar-refractivity contribution >= 4 is 54.0 Å². The first kappa shape index (κ1) is 53.0. The van der Waals surface area contributed by atoms with Crippen LogP contribution in [0.15, 0.2) is 55.8 Å². The number of imidazole rings is 3. The van der Waals surface area contributed by atoms with Crippen LogP contribution in [0.25, 0.3) is 18.2 Å². The van der Waals surface area contributed by atoms with Crippen LogP contribution in [-0.4, -0.2) is 97.8 Å². The van der Waals surface area contributed by atoms with Crippen LogP contribution >= 0.6 is 0 Å². The molecule has 3 rings (SSSR count). The third kappa shape index (κ3) is 35.5. The Morgan fingerprint density at radius 1 is 0.500 bits per heavy atom. The predicted molar refractivity (Wildman–Crippen MR) is 162 cm³/mol. The summed E-state index contributed by atoms with van der Waals surface area (Å²) in [6.45, 7) is 6.93. The number of carboxylic acids is 6. The number of carboxylic acid groups (broad SMARTS) is 6. The molecule has 0 saturated carbocycles. The average molecular weight is 817 g/mol. The van der Waals surface area contributed by atoms with Crippen LogP contribution in [0.1, 0.15) is 58.6 Å². The first-order chi connectivity index (χ1) is 23.2. The van der Waals surface area contributed by atoms with E-state index in [1.807, 2.05) is 0 Å². The number of aliphatic carboxylic acids is 6. The number of aliphatic hydroxyl groups is 3. The maximum absolute atomic E-state index is 9.86. The molecule has 6 N–H and O–H groups in total. The van der Waals surface area contributed by atoms with Gasteiger partial charge in [-0.25, -0.2) is 15.0 Å². The second-order valence-corrected chi connectivity index (χ2v) is 10.5. The Morgan fingerprint density at radius 3 is 0.769 bits per heavy atom. The first-order valence-corrected chi connectivity index (χ1v) is 13.6. The molecule has 0 fully saturated rings. The molecule has 0 aliphatic heterocycles. The monoisotopic (exact) mass is 818 g/mol. The van der Waals surface area contributed by atoms with Gasteiger partial charge in [-0.3, -0.25) is 0 Å². The molecule has 52 heavy (non-hydrogen) atoms. The SMILES string of the molecule is CC(C)(O)C(=O)[O-].CC(C)(O)C(=O)[O-].CC(C)(O)C(=O)[O-].O=C([O-])C=Cc1cnc[nH]1.O=C([O-])C=Cc1cnc[nH]1.O=C([O-])C=Cc1cnc[nH]1.[Mo]. The molecule has 21 nitrogen and oxygen atoms in total. The van der Waals surface area contributed by atoms with Crippen LogP contribution in [0.2, 0.25) is 0 Å². The molecular formula is C30H36MoN6O15-6. The van der Waals surface area contributed by atoms with Crippen molar-refractivity contribution in [2.75, 3.05) is 0 Å². The van der Waals surface area contributed by atoms with E-state index in [9.17, 15) is 59.4 Å². The van der Waals surface area contributed by atoms with Crippen LogP contribution in [0.3, 0.4) is 0 Å². The minimum absolute atomic E-state index is 0. The summed E-state index contributed by atoms with van der Waals surface area (Å²) < 4.78 is 0. The number of aromatic amines is 3. The number of aromatic nitrogens is 6. The number of nitrogens with zero attached hydrogens (tertiary/aromatic N) is 3. The zero-order chi connectivity index (χ0) is 40.4. The van der Waals surface area contributed by atoms with Crippen molar-refractivity contribution in [3.05, 3.63) is 72.9 Å². The largest absolute Gasteiger partial charge is 0.547 e. The number of rotatable bonds is 9. The molecule has 0 radical (unpaired) electrons. The van der Waals surface area contributed by atoms with Gasteiger partial charge in [-0.15, -0.1) is 0 Å². The van der Waals surface area contributed by atoms with Crippen LogP contribution in [0, 0.1) is 0 Å². The van der Waals surface area contributed by atoms with Gasteiger partial charge in [-0.05, 0) is 78.0 Å². The summed E-state index contributed by atoms with van der Waals surface area (Å²) in [4.78, 5) is 77.7. The summed E-state index contributed by atoms with van der Waals surface area (Å²) in [5, 5.41) is 83.9. The van der Waals surface area contributed by atoms with E-state index in [1.54, 1.807) is 0 Å². The molecule has 3 heterocycles. The van der Waals surface area contributed by atoms with Gasteiger partial charge in [-0.1, -0.05) is 0 Å². The van der Waals surface area contributed by atoms with Crippen molar-refractivity contribution in [3.8, 4) is 0 Å². The third-order valence-corrected chi connectivity index (χ3v) is 4.25. The van der Waals surface area contributed by atoms with E-state index in [0.717, 1.165) is 59.8 Å². The zero-order valence-electron chi connectivity index (χ0n) is 28.4. The van der Waals surface area contributed by atoms with Crippen molar-refractivity contribution in [2.45, 2.75) is 58.3 Å². The van der Waals surface area contributed by atoms with Crippen molar-refractivity contribution in [2.24, 2.45) is 0 Å². The average Bonchev–Trinajstić information content (AvgIpc) is 3.78. The Labute approximate surface area is 310 Å². The fraction of sp³-hybridized carbons (Fsp3) is 0.300. The van der Waals surface area contributed by atoms with Gasteiger partial charge in [0.2, 0.25) is 0 Å². The second-order valence-electron chi connectivity index (χ2n) is 10.5. The number of H-pyrrole nitrogens is 3. The maximum Gasteiger partial charge on any atom is 0.0983 e. The Morgan fingerprint density at radius 2 is 0.673 bits per heavy atom. The molecule has 0 atom stereocenters. The molecule has 3 aromatic heterocycles. The number of carbonyl (C=O) groups is 6. The van der Waals surface area contributed by atoms with E-state index in [-0.39, 0.29) is 21.1 Å². The number of carbonyl (C=O) groups excluding carboxylic acids is 6. The van der Waals surface area contributed by atoms with Gasteiger partial charge in [-0.2, -0.15) is 0 Å². The van der Waals surface area contributed by atoms with Crippen LogP contribution in [0.5, 0.6) is 0 Å². The summed E-state index contributed by atoms with van der Waals surface area (Å²) in [6, 6.07) is 0. The van der Waals surface area contributed by atoms with Gasteiger partial charge < -0.3 is 89.7 Å². The number of hydrogen-bond donors (Lipinski definition) is 6. The quantitative estimate of drug-likeness (QED) is 0.0863. The Bertz CT molecular complexity index is 1360. The molecule has 0 aromatic carbocycles. The minimum atomic E-state index is -1.69. The fourth-order valence-corrected chi connectivity index (χ4v) is 1.55. The number of hydrogen-bond acceptors (Lipinski definition) is 18. The van der Waals surface area contributed by atoms with Crippen LogP contribution in [-0.2, 0) is 49.8 Å². The molecule has 3 aromatic rings. The molecule has 0 bridgehead atoms. The summed E-state index contributed by atoms with van der Waals surface area (Å²) in [6.07, 6.45) is 15.9. The summed E-state index contributed by atoms with van der Waals surface area (Å²) in [5.41, 5.74) is -3.15. The van der Waals surface area contributed by atoms with E-state index in [0.29, 0.717) is 17.1 Å². The molecule has 0 saturated heterocycles.